The minimum Gasteiger partial charge on any atom is -0.313 e. The normalized spacial score (nSPS) is 24.6. The Morgan fingerprint density at radius 3 is 2.40 bits per heavy atom. The fourth-order valence-electron chi connectivity index (χ4n) is 3.57. The number of hydrogen-bond donors (Lipinski definition) is 1. The summed E-state index contributed by atoms with van der Waals surface area (Å²) in [4.78, 5) is 2.62. The van der Waals surface area contributed by atoms with Crippen LogP contribution in [0.15, 0.2) is 0 Å². The van der Waals surface area contributed by atoms with E-state index in [1.807, 2.05) is 11.8 Å². The van der Waals surface area contributed by atoms with Crippen LogP contribution in [0.5, 0.6) is 0 Å². The highest BCUT2D eigenvalue weighted by molar-refractivity contribution is 7.98. The van der Waals surface area contributed by atoms with Gasteiger partial charge in [0.05, 0.1) is 0 Å². The lowest BCUT2D eigenvalue weighted by molar-refractivity contribution is 0.126. The first-order chi connectivity index (χ1) is 9.65. The van der Waals surface area contributed by atoms with Crippen molar-refractivity contribution in [3.63, 3.8) is 0 Å². The average Bonchev–Trinajstić information content (AvgIpc) is 3.24. The number of nitrogens with zero attached hydrogens (tertiary/aromatic N) is 1. The first kappa shape index (κ1) is 16.6. The van der Waals surface area contributed by atoms with Crippen molar-refractivity contribution in [2.45, 2.75) is 70.4 Å². The van der Waals surface area contributed by atoms with E-state index in [0.717, 1.165) is 6.04 Å². The molecule has 2 fully saturated rings. The lowest BCUT2D eigenvalue weighted by atomic mass is 9.79. The molecule has 118 valence electrons. The standard InChI is InChI=1S/C17H34N2S/c1-15(12-20-3)19(2)14-17(13-18-16-8-9-16)10-6-4-5-7-11-17/h15-16,18H,4-14H2,1-3H3. The van der Waals surface area contributed by atoms with E-state index < -0.39 is 0 Å². The summed E-state index contributed by atoms with van der Waals surface area (Å²) >= 11 is 1.97. The Labute approximate surface area is 130 Å². The highest BCUT2D eigenvalue weighted by Gasteiger charge is 2.34. The zero-order valence-corrected chi connectivity index (χ0v) is 14.6. The summed E-state index contributed by atoms with van der Waals surface area (Å²) in [5, 5.41) is 3.84. The Balaban J connectivity index is 1.92. The number of hydrogen-bond acceptors (Lipinski definition) is 3. The van der Waals surface area contributed by atoms with E-state index in [4.69, 9.17) is 0 Å². The summed E-state index contributed by atoms with van der Waals surface area (Å²) in [5.41, 5.74) is 0.542. The number of rotatable bonds is 8. The van der Waals surface area contributed by atoms with E-state index in [9.17, 15) is 0 Å². The van der Waals surface area contributed by atoms with Crippen LogP contribution in [0.3, 0.4) is 0 Å². The third-order valence-electron chi connectivity index (χ3n) is 5.25. The van der Waals surface area contributed by atoms with Gasteiger partial charge in [0.15, 0.2) is 0 Å². The van der Waals surface area contributed by atoms with Gasteiger partial charge in [0.25, 0.3) is 0 Å². The minimum atomic E-state index is 0.542. The maximum Gasteiger partial charge on any atom is 0.0155 e. The van der Waals surface area contributed by atoms with E-state index in [-0.39, 0.29) is 0 Å². The molecule has 2 nitrogen and oxygen atoms in total. The molecule has 0 spiro atoms. The summed E-state index contributed by atoms with van der Waals surface area (Å²) in [6, 6.07) is 1.55. The predicted molar refractivity (Wildman–Crippen MR) is 91.6 cm³/mol. The van der Waals surface area contributed by atoms with Gasteiger partial charge in [-0.2, -0.15) is 11.8 Å². The second-order valence-electron chi connectivity index (χ2n) is 7.29. The van der Waals surface area contributed by atoms with E-state index in [1.54, 1.807) is 0 Å². The molecule has 0 radical (unpaired) electrons. The van der Waals surface area contributed by atoms with Crippen LogP contribution in [0.25, 0.3) is 0 Å². The third kappa shape index (κ3) is 5.23. The van der Waals surface area contributed by atoms with Gasteiger partial charge in [-0.15, -0.1) is 0 Å². The lowest BCUT2D eigenvalue weighted by Gasteiger charge is -2.39. The summed E-state index contributed by atoms with van der Waals surface area (Å²) < 4.78 is 0. The molecule has 0 aromatic carbocycles. The Kier molecular flexibility index (Phi) is 6.70. The van der Waals surface area contributed by atoms with Crippen molar-refractivity contribution in [3.05, 3.63) is 0 Å². The van der Waals surface area contributed by atoms with Crippen molar-refractivity contribution < 1.29 is 0 Å². The smallest absolute Gasteiger partial charge is 0.0155 e. The third-order valence-corrected chi connectivity index (χ3v) is 6.07. The van der Waals surface area contributed by atoms with Crippen molar-refractivity contribution in [2.24, 2.45) is 5.41 Å². The van der Waals surface area contributed by atoms with Crippen LogP contribution in [0.4, 0.5) is 0 Å². The summed E-state index contributed by atoms with van der Waals surface area (Å²) in [7, 11) is 2.34. The van der Waals surface area contributed by atoms with Gasteiger partial charge >= 0.3 is 0 Å². The van der Waals surface area contributed by atoms with Crippen LogP contribution in [-0.2, 0) is 0 Å². The Hall–Kier alpha value is 0.270. The lowest BCUT2D eigenvalue weighted by Crippen LogP contribution is -2.46. The second-order valence-corrected chi connectivity index (χ2v) is 8.20. The molecule has 2 saturated carbocycles. The Morgan fingerprint density at radius 1 is 1.20 bits per heavy atom. The molecule has 0 aliphatic heterocycles. The van der Waals surface area contributed by atoms with Gasteiger partial charge in [-0.05, 0) is 51.3 Å². The van der Waals surface area contributed by atoms with Gasteiger partial charge < -0.3 is 10.2 Å². The molecule has 2 aliphatic rings. The summed E-state index contributed by atoms with van der Waals surface area (Å²) in [6.45, 7) is 4.93. The van der Waals surface area contributed by atoms with Crippen LogP contribution in [-0.4, -0.2) is 49.1 Å². The maximum atomic E-state index is 3.84. The zero-order chi connectivity index (χ0) is 14.4. The van der Waals surface area contributed by atoms with E-state index >= 15 is 0 Å². The van der Waals surface area contributed by atoms with Gasteiger partial charge in [0.2, 0.25) is 0 Å². The van der Waals surface area contributed by atoms with Crippen LogP contribution in [0.2, 0.25) is 0 Å². The molecule has 0 aromatic heterocycles. The molecule has 2 aliphatic carbocycles. The molecule has 0 heterocycles. The first-order valence-corrected chi connectivity index (χ1v) is 9.97. The number of thioether (sulfide) groups is 1. The molecular weight excluding hydrogens is 264 g/mol. The van der Waals surface area contributed by atoms with Gasteiger partial charge in [0.1, 0.15) is 0 Å². The first-order valence-electron chi connectivity index (χ1n) is 8.58. The van der Waals surface area contributed by atoms with Crippen LogP contribution in [0, 0.1) is 5.41 Å². The van der Waals surface area contributed by atoms with Crippen LogP contribution in [0.1, 0.15) is 58.3 Å². The van der Waals surface area contributed by atoms with E-state index in [1.165, 1.54) is 70.2 Å². The maximum absolute atomic E-state index is 3.84. The molecule has 1 unspecified atom stereocenters. The Morgan fingerprint density at radius 2 is 1.85 bits per heavy atom. The summed E-state index contributed by atoms with van der Waals surface area (Å²) in [6.07, 6.45) is 13.7. The SMILES string of the molecule is CSCC(C)N(C)CC1(CNC2CC2)CCCCCC1. The fraction of sp³-hybridized carbons (Fsp3) is 1.00. The quantitative estimate of drug-likeness (QED) is 0.687. The second kappa shape index (κ2) is 8.05. The van der Waals surface area contributed by atoms with Gasteiger partial charge in [0, 0.05) is 30.9 Å². The molecule has 20 heavy (non-hydrogen) atoms. The molecular formula is C17H34N2S. The zero-order valence-electron chi connectivity index (χ0n) is 13.8. The molecule has 0 amide bonds. The minimum absolute atomic E-state index is 0.542. The van der Waals surface area contributed by atoms with Crippen molar-refractivity contribution >= 4 is 11.8 Å². The summed E-state index contributed by atoms with van der Waals surface area (Å²) in [5.74, 6) is 1.25. The predicted octanol–water partition coefficient (Wildman–Crippen LogP) is 3.76. The molecule has 1 atom stereocenters. The highest BCUT2D eigenvalue weighted by Crippen LogP contribution is 2.36. The van der Waals surface area contributed by atoms with Crippen LogP contribution < -0.4 is 5.32 Å². The van der Waals surface area contributed by atoms with Crippen molar-refractivity contribution in [2.75, 3.05) is 32.1 Å². The molecule has 3 heteroatoms. The topological polar surface area (TPSA) is 15.3 Å². The molecule has 1 N–H and O–H groups in total. The van der Waals surface area contributed by atoms with Gasteiger partial charge in [-0.25, -0.2) is 0 Å². The van der Waals surface area contributed by atoms with Gasteiger partial charge in [-0.1, -0.05) is 25.7 Å². The molecule has 0 bridgehead atoms. The van der Waals surface area contributed by atoms with Crippen molar-refractivity contribution in [1.82, 2.24) is 10.2 Å². The van der Waals surface area contributed by atoms with E-state index in [0.29, 0.717) is 11.5 Å². The van der Waals surface area contributed by atoms with E-state index in [2.05, 4.69) is 30.4 Å². The fourth-order valence-corrected chi connectivity index (χ4v) is 4.31. The monoisotopic (exact) mass is 298 g/mol. The molecule has 0 saturated heterocycles. The van der Waals surface area contributed by atoms with Crippen LogP contribution >= 0.6 is 11.8 Å². The number of nitrogens with one attached hydrogen (secondary N) is 1. The molecule has 2 rings (SSSR count). The Bertz CT molecular complexity index is 270. The average molecular weight is 299 g/mol. The highest BCUT2D eigenvalue weighted by atomic mass is 32.2. The van der Waals surface area contributed by atoms with Gasteiger partial charge in [-0.3, -0.25) is 0 Å². The van der Waals surface area contributed by atoms with Crippen molar-refractivity contribution in [1.29, 1.82) is 0 Å². The largest absolute Gasteiger partial charge is 0.313 e. The van der Waals surface area contributed by atoms with Crippen molar-refractivity contribution in [3.8, 4) is 0 Å². The molecule has 0 aromatic rings.